The molecule has 1 saturated carbocycles. The Hall–Kier alpha value is -3.82. The summed E-state index contributed by atoms with van der Waals surface area (Å²) in [4.78, 5) is 29.4. The van der Waals surface area contributed by atoms with Crippen molar-refractivity contribution in [3.8, 4) is 28.4 Å². The highest BCUT2D eigenvalue weighted by Gasteiger charge is 2.30. The first kappa shape index (κ1) is 22.6. The summed E-state index contributed by atoms with van der Waals surface area (Å²) in [7, 11) is 1.58. The number of methoxy groups -OCH3 is 1. The quantitative estimate of drug-likeness (QED) is 0.410. The monoisotopic (exact) mass is 499 g/mol. The van der Waals surface area contributed by atoms with Crippen LogP contribution >= 0.6 is 11.3 Å². The van der Waals surface area contributed by atoms with Gasteiger partial charge in [0, 0.05) is 53.0 Å². The van der Waals surface area contributed by atoms with Crippen molar-refractivity contribution < 1.29 is 14.6 Å². The zero-order valence-corrected chi connectivity index (χ0v) is 20.5. The van der Waals surface area contributed by atoms with E-state index in [0.29, 0.717) is 29.5 Å². The first-order valence-electron chi connectivity index (χ1n) is 11.9. The molecule has 1 aliphatic heterocycles. The molecule has 1 aromatic carbocycles. The third-order valence-corrected chi connectivity index (χ3v) is 7.54. The average Bonchev–Trinajstić information content (AvgIpc) is 3.67. The lowest BCUT2D eigenvalue weighted by Crippen LogP contribution is -2.31. The Morgan fingerprint density at radius 3 is 2.78 bits per heavy atom. The summed E-state index contributed by atoms with van der Waals surface area (Å²) in [5, 5.41) is 15.0. The minimum absolute atomic E-state index is 0.0982. The van der Waals surface area contributed by atoms with Crippen molar-refractivity contribution in [3.05, 3.63) is 76.4 Å². The number of para-hydroxylation sites is 1. The number of carbonyl (C=O) groups is 1. The second kappa shape index (κ2) is 9.33. The number of fused-ring (bicyclic) bond motifs is 3. The third-order valence-electron chi connectivity index (χ3n) is 6.42. The van der Waals surface area contributed by atoms with E-state index in [4.69, 9.17) is 14.7 Å². The van der Waals surface area contributed by atoms with E-state index in [1.54, 1.807) is 19.4 Å². The van der Waals surface area contributed by atoms with Crippen molar-refractivity contribution in [3.63, 3.8) is 0 Å². The van der Waals surface area contributed by atoms with Crippen LogP contribution in [-0.4, -0.2) is 45.7 Å². The minimum atomic E-state index is -0.955. The van der Waals surface area contributed by atoms with Crippen LogP contribution in [0.15, 0.2) is 60.8 Å². The standard InChI is InChI=1S/C27H25N5O3S/c1-35-23-12-9-16(15-28-23)19-6-4-7-20(30-19)27(34)32-14-13-22-24(18-5-2-3-8-21(18)32)31-26(36-22)25(33)29-17-10-11-17/h2-9,12,15,17,27,34H,10-11,13-14H2,1H3,(H,29,33). The fourth-order valence-corrected chi connectivity index (χ4v) is 5.36. The Balaban J connectivity index is 1.31. The van der Waals surface area contributed by atoms with Crippen molar-refractivity contribution in [1.82, 2.24) is 20.3 Å². The van der Waals surface area contributed by atoms with Gasteiger partial charge in [0.1, 0.15) is 0 Å². The molecule has 0 spiro atoms. The lowest BCUT2D eigenvalue weighted by atomic mass is 10.1. The van der Waals surface area contributed by atoms with Gasteiger partial charge in [-0.3, -0.25) is 4.79 Å². The number of nitrogens with zero attached hydrogens (tertiary/aromatic N) is 4. The first-order chi connectivity index (χ1) is 17.6. The Morgan fingerprint density at radius 1 is 1.14 bits per heavy atom. The highest BCUT2D eigenvalue weighted by Crippen LogP contribution is 2.41. The second-order valence-corrected chi connectivity index (χ2v) is 9.99. The van der Waals surface area contributed by atoms with E-state index in [1.807, 2.05) is 53.4 Å². The van der Waals surface area contributed by atoms with Gasteiger partial charge in [0.25, 0.3) is 5.91 Å². The highest BCUT2D eigenvalue weighted by atomic mass is 32.1. The summed E-state index contributed by atoms with van der Waals surface area (Å²) in [5.74, 6) is 0.435. The normalized spacial score (nSPS) is 15.4. The number of hydrogen-bond acceptors (Lipinski definition) is 8. The molecule has 1 unspecified atom stereocenters. The lowest BCUT2D eigenvalue weighted by molar-refractivity contribution is 0.0950. The van der Waals surface area contributed by atoms with Crippen LogP contribution < -0.4 is 15.0 Å². The Bertz CT molecular complexity index is 1420. The number of ether oxygens (including phenoxy) is 1. The second-order valence-electron chi connectivity index (χ2n) is 8.91. The van der Waals surface area contributed by atoms with Crippen molar-refractivity contribution in [2.24, 2.45) is 0 Å². The molecule has 4 aromatic rings. The lowest BCUT2D eigenvalue weighted by Gasteiger charge is -2.30. The molecule has 6 rings (SSSR count). The number of carbonyl (C=O) groups excluding carboxylic acids is 1. The van der Waals surface area contributed by atoms with Gasteiger partial charge in [0.15, 0.2) is 11.2 Å². The topological polar surface area (TPSA) is 100 Å². The zero-order chi connectivity index (χ0) is 24.6. The number of thiazole rings is 1. The van der Waals surface area contributed by atoms with Gasteiger partial charge in [-0.2, -0.15) is 0 Å². The van der Waals surface area contributed by atoms with E-state index in [2.05, 4.69) is 10.3 Å². The van der Waals surface area contributed by atoms with Crippen LogP contribution in [0.2, 0.25) is 0 Å². The van der Waals surface area contributed by atoms with E-state index in [0.717, 1.165) is 45.9 Å². The highest BCUT2D eigenvalue weighted by molar-refractivity contribution is 7.14. The molecule has 182 valence electrons. The summed E-state index contributed by atoms with van der Waals surface area (Å²) < 4.78 is 5.15. The number of pyridine rings is 2. The minimum Gasteiger partial charge on any atom is -0.481 e. The number of aliphatic hydroxyl groups is 1. The number of nitrogens with one attached hydrogen (secondary N) is 1. The maximum atomic E-state index is 12.6. The number of rotatable bonds is 6. The number of amides is 1. The number of aromatic nitrogens is 3. The molecule has 0 radical (unpaired) electrons. The third kappa shape index (κ3) is 4.31. The number of hydrogen-bond donors (Lipinski definition) is 2. The molecule has 0 saturated heterocycles. The largest absolute Gasteiger partial charge is 0.481 e. The van der Waals surface area contributed by atoms with Crippen LogP contribution in [0, 0.1) is 0 Å². The summed E-state index contributed by atoms with van der Waals surface area (Å²) >= 11 is 1.44. The van der Waals surface area contributed by atoms with E-state index in [9.17, 15) is 9.90 Å². The molecule has 36 heavy (non-hydrogen) atoms. The maximum Gasteiger partial charge on any atom is 0.280 e. The van der Waals surface area contributed by atoms with Crippen molar-refractivity contribution in [2.75, 3.05) is 18.6 Å². The Labute approximate surface area is 212 Å². The van der Waals surface area contributed by atoms with E-state index in [-0.39, 0.29) is 11.9 Å². The van der Waals surface area contributed by atoms with Crippen molar-refractivity contribution in [2.45, 2.75) is 31.5 Å². The fraction of sp³-hybridized carbons (Fsp3) is 0.259. The summed E-state index contributed by atoms with van der Waals surface area (Å²) in [6.45, 7) is 0.563. The van der Waals surface area contributed by atoms with Crippen molar-refractivity contribution >= 4 is 22.9 Å². The molecule has 3 aromatic heterocycles. The molecule has 4 heterocycles. The maximum absolute atomic E-state index is 12.6. The first-order valence-corrected chi connectivity index (χ1v) is 12.7. The summed E-state index contributed by atoms with van der Waals surface area (Å²) in [6.07, 6.45) is 3.49. The number of anilines is 1. The van der Waals surface area contributed by atoms with E-state index < -0.39 is 6.23 Å². The van der Waals surface area contributed by atoms with Gasteiger partial charge < -0.3 is 20.1 Å². The fourth-order valence-electron chi connectivity index (χ4n) is 4.39. The molecule has 1 amide bonds. The van der Waals surface area contributed by atoms with Gasteiger partial charge in [-0.15, -0.1) is 11.3 Å². The number of benzene rings is 1. The Morgan fingerprint density at radius 2 is 2.00 bits per heavy atom. The van der Waals surface area contributed by atoms with E-state index >= 15 is 0 Å². The molecular formula is C27H25N5O3S. The molecule has 1 atom stereocenters. The summed E-state index contributed by atoms with van der Waals surface area (Å²) in [6, 6.07) is 17.5. The van der Waals surface area contributed by atoms with Crippen LogP contribution in [-0.2, 0) is 6.42 Å². The Kier molecular flexibility index (Phi) is 5.86. The average molecular weight is 500 g/mol. The SMILES string of the molecule is COc1ccc(-c2cccc(C(O)N3CCc4sc(C(=O)NC5CC5)nc4-c4ccccc43)n2)cn1. The van der Waals surface area contributed by atoms with Gasteiger partial charge in [-0.05, 0) is 37.1 Å². The smallest absolute Gasteiger partial charge is 0.280 e. The predicted molar refractivity (Wildman–Crippen MR) is 138 cm³/mol. The van der Waals surface area contributed by atoms with Gasteiger partial charge in [-0.25, -0.2) is 15.0 Å². The van der Waals surface area contributed by atoms with Crippen LogP contribution in [0.5, 0.6) is 5.88 Å². The van der Waals surface area contributed by atoms with Crippen molar-refractivity contribution in [1.29, 1.82) is 0 Å². The van der Waals surface area contributed by atoms with Crippen LogP contribution in [0.3, 0.4) is 0 Å². The van der Waals surface area contributed by atoms with Crippen LogP contribution in [0.25, 0.3) is 22.5 Å². The molecule has 1 aliphatic carbocycles. The molecule has 9 heteroatoms. The van der Waals surface area contributed by atoms with E-state index in [1.165, 1.54) is 11.3 Å². The van der Waals surface area contributed by atoms with Gasteiger partial charge in [0.2, 0.25) is 5.88 Å². The van der Waals surface area contributed by atoms with Crippen LogP contribution in [0.1, 0.15) is 39.4 Å². The molecule has 1 fully saturated rings. The van der Waals surface area contributed by atoms with Gasteiger partial charge >= 0.3 is 0 Å². The molecule has 0 bridgehead atoms. The molecule has 2 aliphatic rings. The summed E-state index contributed by atoms with van der Waals surface area (Å²) in [5.41, 5.74) is 4.68. The number of aliphatic hydroxyl groups excluding tert-OH is 1. The van der Waals surface area contributed by atoms with Gasteiger partial charge in [-0.1, -0.05) is 24.3 Å². The van der Waals surface area contributed by atoms with Crippen LogP contribution in [0.4, 0.5) is 5.69 Å². The molecule has 2 N–H and O–H groups in total. The predicted octanol–water partition coefficient (Wildman–Crippen LogP) is 4.22. The molecular weight excluding hydrogens is 474 g/mol. The van der Waals surface area contributed by atoms with Gasteiger partial charge in [0.05, 0.1) is 24.2 Å². The molecule has 8 nitrogen and oxygen atoms in total. The zero-order valence-electron chi connectivity index (χ0n) is 19.7.